The number of benzene rings is 2. The largest absolute Gasteiger partial charge is 0.341 e. The van der Waals surface area contributed by atoms with E-state index in [0.717, 1.165) is 16.6 Å². The Bertz CT molecular complexity index is 1160. The molecule has 7 nitrogen and oxygen atoms in total. The van der Waals surface area contributed by atoms with Gasteiger partial charge in [-0.2, -0.15) is 0 Å². The highest BCUT2D eigenvalue weighted by Gasteiger charge is 2.20. The van der Waals surface area contributed by atoms with Gasteiger partial charge in [-0.05, 0) is 37.1 Å². The second kappa shape index (κ2) is 7.83. The number of rotatable bonds is 6. The number of H-pyrrole nitrogens is 1. The number of imidazole rings is 1. The lowest BCUT2D eigenvalue weighted by molar-refractivity contribution is 0.0928. The van der Waals surface area contributed by atoms with Gasteiger partial charge in [0.05, 0.1) is 29.8 Å². The normalized spacial score (nSPS) is 12.2. The molecule has 0 unspecified atom stereocenters. The summed E-state index contributed by atoms with van der Waals surface area (Å²) in [4.78, 5) is 20.5. The maximum atomic E-state index is 13.8. The summed E-state index contributed by atoms with van der Waals surface area (Å²) >= 11 is 0. The van der Waals surface area contributed by atoms with Gasteiger partial charge in [0.2, 0.25) is 0 Å². The van der Waals surface area contributed by atoms with E-state index < -0.39 is 0 Å². The number of halogens is 1. The molecule has 2 N–H and O–H groups in total. The molecule has 2 aromatic carbocycles. The van der Waals surface area contributed by atoms with Crippen LogP contribution in [0.5, 0.6) is 0 Å². The first-order valence-electron chi connectivity index (χ1n) is 9.44. The molecule has 0 fully saturated rings. The van der Waals surface area contributed by atoms with E-state index in [9.17, 15) is 9.18 Å². The monoisotopic (exact) mass is 392 g/mol. The minimum absolute atomic E-state index is 0.173. The number of nitrogens with zero attached hydrogens (tertiary/aromatic N) is 4. The van der Waals surface area contributed by atoms with E-state index in [1.807, 2.05) is 32.0 Å². The van der Waals surface area contributed by atoms with E-state index in [0.29, 0.717) is 17.8 Å². The second-order valence-corrected chi connectivity index (χ2v) is 6.97. The Morgan fingerprint density at radius 3 is 2.90 bits per heavy atom. The van der Waals surface area contributed by atoms with E-state index >= 15 is 0 Å². The van der Waals surface area contributed by atoms with Crippen molar-refractivity contribution in [3.63, 3.8) is 0 Å². The number of aryl methyl sites for hydroxylation is 1. The number of carbonyl (C=O) groups is 1. The Morgan fingerprint density at radius 2 is 2.10 bits per heavy atom. The highest BCUT2D eigenvalue weighted by molar-refractivity contribution is 5.92. The quantitative estimate of drug-likeness (QED) is 0.525. The number of aromatic amines is 1. The molecule has 1 atom stereocenters. The third-order valence-corrected chi connectivity index (χ3v) is 4.76. The van der Waals surface area contributed by atoms with Crippen molar-refractivity contribution in [2.24, 2.45) is 0 Å². The molecule has 29 heavy (non-hydrogen) atoms. The third kappa shape index (κ3) is 4.01. The average molecular weight is 392 g/mol. The van der Waals surface area contributed by atoms with Crippen molar-refractivity contribution in [1.82, 2.24) is 30.3 Å². The summed E-state index contributed by atoms with van der Waals surface area (Å²) in [5, 5.41) is 10.8. The molecule has 0 saturated heterocycles. The minimum atomic E-state index is -0.353. The Labute approximate surface area is 167 Å². The predicted molar refractivity (Wildman–Crippen MR) is 107 cm³/mol. The zero-order chi connectivity index (χ0) is 20.4. The van der Waals surface area contributed by atoms with Crippen molar-refractivity contribution >= 4 is 16.9 Å². The molecular weight excluding hydrogens is 371 g/mol. The number of nitrogens with one attached hydrogen (secondary N) is 2. The lowest BCUT2D eigenvalue weighted by Gasteiger charge is -2.13. The smallest absolute Gasteiger partial charge is 0.274 e. The maximum absolute atomic E-state index is 13.8. The zero-order valence-corrected chi connectivity index (χ0v) is 16.2. The van der Waals surface area contributed by atoms with Crippen molar-refractivity contribution in [3.8, 4) is 0 Å². The van der Waals surface area contributed by atoms with Crippen LogP contribution in [0.15, 0.2) is 48.7 Å². The molecule has 0 aliphatic rings. The summed E-state index contributed by atoms with van der Waals surface area (Å²) < 4.78 is 15.3. The molecule has 0 saturated carbocycles. The van der Waals surface area contributed by atoms with Gasteiger partial charge in [-0.15, -0.1) is 5.10 Å². The van der Waals surface area contributed by atoms with Gasteiger partial charge >= 0.3 is 0 Å². The summed E-state index contributed by atoms with van der Waals surface area (Å²) in [6.45, 7) is 4.19. The van der Waals surface area contributed by atoms with Gasteiger partial charge in [0, 0.05) is 5.56 Å². The van der Waals surface area contributed by atoms with E-state index in [4.69, 9.17) is 0 Å². The fraction of sp³-hybridized carbons (Fsp3) is 0.238. The molecule has 0 aliphatic carbocycles. The number of fused-ring (bicyclic) bond motifs is 1. The van der Waals surface area contributed by atoms with Gasteiger partial charge < -0.3 is 10.3 Å². The Kier molecular flexibility index (Phi) is 5.07. The van der Waals surface area contributed by atoms with E-state index in [1.165, 1.54) is 16.9 Å². The molecule has 0 bridgehead atoms. The molecule has 4 aromatic rings. The van der Waals surface area contributed by atoms with Crippen LogP contribution in [0.3, 0.4) is 0 Å². The van der Waals surface area contributed by atoms with Crippen molar-refractivity contribution in [2.45, 2.75) is 32.9 Å². The summed E-state index contributed by atoms with van der Waals surface area (Å²) in [7, 11) is 0. The third-order valence-electron chi connectivity index (χ3n) is 4.76. The molecule has 4 rings (SSSR count). The number of hydrogen-bond donors (Lipinski definition) is 2. The molecule has 8 heteroatoms. The first-order valence-corrected chi connectivity index (χ1v) is 9.44. The molecule has 2 aromatic heterocycles. The van der Waals surface area contributed by atoms with E-state index in [2.05, 4.69) is 25.6 Å². The topological polar surface area (TPSA) is 88.5 Å². The van der Waals surface area contributed by atoms with Crippen molar-refractivity contribution < 1.29 is 9.18 Å². The van der Waals surface area contributed by atoms with Crippen LogP contribution in [0.25, 0.3) is 11.0 Å². The molecule has 148 valence electrons. The van der Waals surface area contributed by atoms with Gasteiger partial charge in [-0.25, -0.2) is 14.1 Å². The summed E-state index contributed by atoms with van der Waals surface area (Å²) in [5.41, 5.74) is 3.58. The second-order valence-electron chi connectivity index (χ2n) is 6.97. The van der Waals surface area contributed by atoms with Gasteiger partial charge in [0.25, 0.3) is 5.91 Å². The van der Waals surface area contributed by atoms with Crippen LogP contribution in [0, 0.1) is 12.7 Å². The number of aromatic nitrogens is 5. The number of hydrogen-bond acceptors (Lipinski definition) is 4. The first kappa shape index (κ1) is 18.8. The van der Waals surface area contributed by atoms with Crippen molar-refractivity contribution in [2.75, 3.05) is 0 Å². The van der Waals surface area contributed by atoms with Crippen LogP contribution in [0.4, 0.5) is 4.39 Å². The molecule has 1 amide bonds. The molecule has 0 aliphatic heterocycles. The van der Waals surface area contributed by atoms with Gasteiger partial charge in [-0.3, -0.25) is 4.79 Å². The standard InChI is InChI=1S/C21H21FN6O/c1-3-16(20-23-17-9-8-13(2)10-18(17)24-20)25-21(29)19-12-28(27-26-19)11-14-6-4-5-7-15(14)22/h4-10,12,16H,3,11H2,1-2H3,(H,23,24)(H,25,29)/t16-/m0/s1. The van der Waals surface area contributed by atoms with Crippen LogP contribution < -0.4 is 5.32 Å². The van der Waals surface area contributed by atoms with Gasteiger partial charge in [-0.1, -0.05) is 36.4 Å². The Morgan fingerprint density at radius 1 is 1.28 bits per heavy atom. The zero-order valence-electron chi connectivity index (χ0n) is 16.2. The van der Waals surface area contributed by atoms with Crippen molar-refractivity contribution in [1.29, 1.82) is 0 Å². The Balaban J connectivity index is 1.49. The number of amides is 1. The van der Waals surface area contributed by atoms with Crippen LogP contribution >= 0.6 is 0 Å². The van der Waals surface area contributed by atoms with Crippen LogP contribution in [0.2, 0.25) is 0 Å². The molecule has 2 heterocycles. The summed E-state index contributed by atoms with van der Waals surface area (Å²) in [5.74, 6) is 0.0219. The predicted octanol–water partition coefficient (Wildman–Crippen LogP) is 3.53. The highest BCUT2D eigenvalue weighted by atomic mass is 19.1. The van der Waals surface area contributed by atoms with Crippen molar-refractivity contribution in [3.05, 3.63) is 77.1 Å². The lowest BCUT2D eigenvalue weighted by Crippen LogP contribution is -2.29. The molecule has 0 radical (unpaired) electrons. The van der Waals surface area contributed by atoms with Crippen LogP contribution in [-0.4, -0.2) is 30.9 Å². The van der Waals surface area contributed by atoms with E-state index in [1.54, 1.807) is 18.2 Å². The van der Waals surface area contributed by atoms with Crippen LogP contribution in [0.1, 0.15) is 46.8 Å². The van der Waals surface area contributed by atoms with E-state index in [-0.39, 0.29) is 30.0 Å². The van der Waals surface area contributed by atoms with Gasteiger partial charge in [0.1, 0.15) is 11.6 Å². The molecule has 0 spiro atoms. The fourth-order valence-electron chi connectivity index (χ4n) is 3.19. The molecular formula is C21H21FN6O. The SMILES string of the molecule is CC[C@H](NC(=O)c1cn(Cc2ccccc2F)nn1)c1nc2ccc(C)cc2[nH]1. The highest BCUT2D eigenvalue weighted by Crippen LogP contribution is 2.20. The summed E-state index contributed by atoms with van der Waals surface area (Å²) in [6.07, 6.45) is 2.17. The summed E-state index contributed by atoms with van der Waals surface area (Å²) in [6, 6.07) is 12.1. The average Bonchev–Trinajstić information content (AvgIpc) is 3.34. The first-order chi connectivity index (χ1) is 14.0. The van der Waals surface area contributed by atoms with Gasteiger partial charge in [0.15, 0.2) is 5.69 Å². The number of carbonyl (C=O) groups excluding carboxylic acids is 1. The lowest BCUT2D eigenvalue weighted by atomic mass is 10.2. The minimum Gasteiger partial charge on any atom is -0.341 e. The maximum Gasteiger partial charge on any atom is 0.274 e. The fourth-order valence-corrected chi connectivity index (χ4v) is 3.19. The Hall–Kier alpha value is -3.55. The van der Waals surface area contributed by atoms with Crippen LogP contribution in [-0.2, 0) is 6.54 Å².